The summed E-state index contributed by atoms with van der Waals surface area (Å²) in [4.78, 5) is 0. The molecule has 0 bridgehead atoms. The first-order valence-electron chi connectivity index (χ1n) is 3.70. The molecule has 0 saturated carbocycles. The molecule has 6 heteroatoms. The summed E-state index contributed by atoms with van der Waals surface area (Å²) in [6, 6.07) is 0. The number of nitrogens with two attached hydrogens (primary N) is 1. The van der Waals surface area contributed by atoms with Gasteiger partial charge in [0.1, 0.15) is 5.78 Å². The lowest BCUT2D eigenvalue weighted by Gasteiger charge is -2.19. The zero-order chi connectivity index (χ0) is 9.61. The van der Waals surface area contributed by atoms with Crippen molar-refractivity contribution in [3.63, 3.8) is 0 Å². The molecule has 0 radical (unpaired) electrons. The van der Waals surface area contributed by atoms with Gasteiger partial charge in [0, 0.05) is 5.37 Å². The fraction of sp³-hybridized carbons (Fsp3) is 0.833. The molecule has 0 aliphatic rings. The van der Waals surface area contributed by atoms with Crippen LogP contribution in [0.15, 0.2) is 0 Å². The van der Waals surface area contributed by atoms with Crippen molar-refractivity contribution >= 4 is 25.2 Å². The topological polar surface area (TPSA) is 61.5 Å². The van der Waals surface area contributed by atoms with Crippen molar-refractivity contribution in [1.29, 1.82) is 0 Å². The highest BCUT2D eigenvalue weighted by Crippen LogP contribution is 2.50. The Bertz CT molecular complexity index is 178. The molecule has 0 saturated heterocycles. The first kappa shape index (κ1) is 12.2. The Hall–Kier alpha value is 0.200. The molecular weight excluding hydrogens is 197 g/mol. The molecule has 0 aliphatic heterocycles. The molecule has 0 aromatic carbocycles. The summed E-state index contributed by atoms with van der Waals surface area (Å²) in [5, 5.41) is 1.20. The standard InChI is InChI=1S/C6H14NO3PS/c1-3-9-11(8,10-4-2)6(7)5-12/h5-6H,3-4,7H2,1-2H3. The summed E-state index contributed by atoms with van der Waals surface area (Å²) in [5.74, 6) is -0.813. The van der Waals surface area contributed by atoms with Gasteiger partial charge in [-0.2, -0.15) is 0 Å². The van der Waals surface area contributed by atoms with Gasteiger partial charge in [0.05, 0.1) is 13.2 Å². The molecule has 0 rings (SSSR count). The average molecular weight is 211 g/mol. The summed E-state index contributed by atoms with van der Waals surface area (Å²) >= 11 is 4.57. The van der Waals surface area contributed by atoms with Crippen molar-refractivity contribution in [2.45, 2.75) is 19.6 Å². The van der Waals surface area contributed by atoms with Gasteiger partial charge in [-0.3, -0.25) is 4.57 Å². The minimum absolute atomic E-state index is 0.300. The van der Waals surface area contributed by atoms with E-state index in [9.17, 15) is 4.57 Å². The number of hydrogen-bond acceptors (Lipinski definition) is 5. The second-order valence-electron chi connectivity index (χ2n) is 2.00. The smallest absolute Gasteiger partial charge is 0.314 e. The molecule has 0 amide bonds. The molecule has 0 aliphatic carbocycles. The van der Waals surface area contributed by atoms with E-state index in [1.165, 1.54) is 5.37 Å². The van der Waals surface area contributed by atoms with Crippen molar-refractivity contribution in [2.24, 2.45) is 5.73 Å². The van der Waals surface area contributed by atoms with E-state index < -0.39 is 13.4 Å². The van der Waals surface area contributed by atoms with E-state index in [2.05, 4.69) is 12.2 Å². The van der Waals surface area contributed by atoms with Crippen LogP contribution < -0.4 is 5.73 Å². The third kappa shape index (κ3) is 3.29. The first-order valence-corrected chi connectivity index (χ1v) is 5.78. The fourth-order valence-electron chi connectivity index (χ4n) is 0.644. The van der Waals surface area contributed by atoms with Crippen molar-refractivity contribution in [1.82, 2.24) is 0 Å². The van der Waals surface area contributed by atoms with Crippen LogP contribution in [0.3, 0.4) is 0 Å². The van der Waals surface area contributed by atoms with Gasteiger partial charge in [-0.1, -0.05) is 12.2 Å². The summed E-state index contributed by atoms with van der Waals surface area (Å²) < 4.78 is 21.5. The predicted molar refractivity (Wildman–Crippen MR) is 52.5 cm³/mol. The van der Waals surface area contributed by atoms with E-state index in [1.54, 1.807) is 13.8 Å². The highest BCUT2D eigenvalue weighted by atomic mass is 32.1. The van der Waals surface area contributed by atoms with E-state index >= 15 is 0 Å². The van der Waals surface area contributed by atoms with Gasteiger partial charge in [0.25, 0.3) is 0 Å². The van der Waals surface area contributed by atoms with Crippen molar-refractivity contribution in [2.75, 3.05) is 13.2 Å². The van der Waals surface area contributed by atoms with Gasteiger partial charge in [0.15, 0.2) is 0 Å². The molecule has 2 N–H and O–H groups in total. The molecule has 0 aromatic heterocycles. The number of hydrogen-bond donors (Lipinski definition) is 1. The highest BCUT2D eigenvalue weighted by molar-refractivity contribution is 7.80. The van der Waals surface area contributed by atoms with E-state index in [4.69, 9.17) is 14.8 Å². The fourth-order valence-corrected chi connectivity index (χ4v) is 2.38. The summed E-state index contributed by atoms with van der Waals surface area (Å²) in [7, 11) is -3.19. The maximum Gasteiger partial charge on any atom is 0.351 e. The predicted octanol–water partition coefficient (Wildman–Crippen LogP) is 1.54. The van der Waals surface area contributed by atoms with Crippen LogP contribution in [0.25, 0.3) is 0 Å². The van der Waals surface area contributed by atoms with Crippen LogP contribution in [0.1, 0.15) is 13.8 Å². The van der Waals surface area contributed by atoms with Crippen LogP contribution in [-0.2, 0) is 13.6 Å². The Balaban J connectivity index is 4.37. The third-order valence-electron chi connectivity index (χ3n) is 1.12. The highest BCUT2D eigenvalue weighted by Gasteiger charge is 2.30. The molecule has 0 fully saturated rings. The lowest BCUT2D eigenvalue weighted by molar-refractivity contribution is 0.217. The normalized spacial score (nSPS) is 14.2. The summed E-state index contributed by atoms with van der Waals surface area (Å²) in [5.41, 5.74) is 5.45. The quantitative estimate of drug-likeness (QED) is 0.533. The average Bonchev–Trinajstić information content (AvgIpc) is 2.04. The van der Waals surface area contributed by atoms with Gasteiger partial charge in [-0.05, 0) is 13.8 Å². The minimum atomic E-state index is -3.19. The Morgan fingerprint density at radius 3 is 2.17 bits per heavy atom. The second-order valence-corrected chi connectivity index (χ2v) is 4.47. The van der Waals surface area contributed by atoms with Crippen LogP contribution in [0.5, 0.6) is 0 Å². The lowest BCUT2D eigenvalue weighted by atomic mass is 10.8. The molecule has 1 atom stereocenters. The Morgan fingerprint density at radius 1 is 1.50 bits per heavy atom. The van der Waals surface area contributed by atoms with Gasteiger partial charge < -0.3 is 14.8 Å². The molecule has 72 valence electrons. The maximum absolute atomic E-state index is 11.7. The van der Waals surface area contributed by atoms with E-state index in [0.717, 1.165) is 0 Å². The van der Waals surface area contributed by atoms with Crippen molar-refractivity contribution < 1.29 is 13.6 Å². The molecule has 0 heterocycles. The largest absolute Gasteiger partial charge is 0.351 e. The van der Waals surface area contributed by atoms with Gasteiger partial charge in [-0.25, -0.2) is 0 Å². The zero-order valence-electron chi connectivity index (χ0n) is 7.23. The third-order valence-corrected chi connectivity index (χ3v) is 3.73. The van der Waals surface area contributed by atoms with Crippen molar-refractivity contribution in [3.05, 3.63) is 0 Å². The van der Waals surface area contributed by atoms with Gasteiger partial charge in [-0.15, -0.1) is 0 Å². The van der Waals surface area contributed by atoms with Gasteiger partial charge >= 0.3 is 7.60 Å². The maximum atomic E-state index is 11.7. The monoisotopic (exact) mass is 211 g/mol. The minimum Gasteiger partial charge on any atom is -0.314 e. The Kier molecular flexibility index (Phi) is 5.88. The second kappa shape index (κ2) is 5.78. The molecule has 0 spiro atoms. The van der Waals surface area contributed by atoms with E-state index in [1.807, 2.05) is 0 Å². The number of rotatable bonds is 6. The molecular formula is C6H14NO3PS. The molecule has 1 unspecified atom stereocenters. The van der Waals surface area contributed by atoms with Crippen LogP contribution in [0.4, 0.5) is 0 Å². The van der Waals surface area contributed by atoms with Crippen LogP contribution >= 0.6 is 19.8 Å². The Labute approximate surface area is 78.0 Å². The van der Waals surface area contributed by atoms with Crippen LogP contribution in [0.2, 0.25) is 0 Å². The number of thiocarbonyl (C=S) groups is 1. The SMILES string of the molecule is CCOP(=O)(OCC)C(N)C=S. The van der Waals surface area contributed by atoms with Crippen molar-refractivity contribution in [3.8, 4) is 0 Å². The lowest BCUT2D eigenvalue weighted by Crippen LogP contribution is -2.23. The first-order chi connectivity index (χ1) is 5.60. The van der Waals surface area contributed by atoms with Gasteiger partial charge in [0.2, 0.25) is 0 Å². The summed E-state index contributed by atoms with van der Waals surface area (Å²) in [6.45, 7) is 4.05. The van der Waals surface area contributed by atoms with Crippen LogP contribution in [0, 0.1) is 0 Å². The van der Waals surface area contributed by atoms with Crippen LogP contribution in [-0.4, -0.2) is 24.4 Å². The zero-order valence-corrected chi connectivity index (χ0v) is 8.94. The molecule has 12 heavy (non-hydrogen) atoms. The molecule has 4 nitrogen and oxygen atoms in total. The molecule has 0 aromatic rings. The van der Waals surface area contributed by atoms with E-state index in [0.29, 0.717) is 13.2 Å². The summed E-state index contributed by atoms with van der Waals surface area (Å²) in [6.07, 6.45) is 0. The van der Waals surface area contributed by atoms with E-state index in [-0.39, 0.29) is 0 Å². The Morgan fingerprint density at radius 2 is 1.92 bits per heavy atom.